The second-order valence-corrected chi connectivity index (χ2v) is 7.47. The van der Waals surface area contributed by atoms with Gasteiger partial charge >= 0.3 is 6.18 Å². The molecule has 7 nitrogen and oxygen atoms in total. The molecule has 1 aliphatic heterocycles. The zero-order valence-electron chi connectivity index (χ0n) is 16.2. The van der Waals surface area contributed by atoms with Crippen molar-refractivity contribution in [1.29, 1.82) is 0 Å². The van der Waals surface area contributed by atoms with Crippen LogP contribution in [0.4, 0.5) is 24.5 Å². The SMILES string of the molecule is CC(C)[C@@H](C)NC(=O)C[NH+]1CCN(c2ccc(C(F)(F)F)cc2[N+](=O)[O-])CC1. The molecule has 1 heterocycles. The number of halogens is 3. The van der Waals surface area contributed by atoms with Gasteiger partial charge in [-0.2, -0.15) is 13.2 Å². The molecular formula is C18H26F3N4O3+. The minimum Gasteiger partial charge on any atom is -0.355 e. The molecule has 0 spiro atoms. The van der Waals surface area contributed by atoms with Gasteiger partial charge in [-0.15, -0.1) is 0 Å². The molecule has 0 unspecified atom stereocenters. The van der Waals surface area contributed by atoms with Crippen LogP contribution >= 0.6 is 0 Å². The largest absolute Gasteiger partial charge is 0.416 e. The molecule has 156 valence electrons. The van der Waals surface area contributed by atoms with Crippen molar-refractivity contribution >= 4 is 17.3 Å². The van der Waals surface area contributed by atoms with E-state index in [9.17, 15) is 28.1 Å². The molecule has 2 rings (SSSR count). The highest BCUT2D eigenvalue weighted by molar-refractivity contribution is 5.77. The van der Waals surface area contributed by atoms with E-state index >= 15 is 0 Å². The lowest BCUT2D eigenvalue weighted by atomic mass is 10.1. The van der Waals surface area contributed by atoms with Gasteiger partial charge in [-0.05, 0) is 25.0 Å². The highest BCUT2D eigenvalue weighted by Crippen LogP contribution is 2.36. The van der Waals surface area contributed by atoms with Crippen LogP contribution in [-0.2, 0) is 11.0 Å². The van der Waals surface area contributed by atoms with Crippen LogP contribution in [0, 0.1) is 16.0 Å². The molecule has 1 aromatic carbocycles. The fraction of sp³-hybridized carbons (Fsp3) is 0.611. The zero-order valence-corrected chi connectivity index (χ0v) is 16.2. The van der Waals surface area contributed by atoms with E-state index in [1.54, 1.807) is 4.90 Å². The Morgan fingerprint density at radius 3 is 2.39 bits per heavy atom. The Bertz CT molecular complexity index is 717. The quantitative estimate of drug-likeness (QED) is 0.557. The Kier molecular flexibility index (Phi) is 6.87. The number of nitro benzene ring substituents is 1. The van der Waals surface area contributed by atoms with Crippen LogP contribution in [-0.4, -0.2) is 49.6 Å². The molecule has 0 aromatic heterocycles. The summed E-state index contributed by atoms with van der Waals surface area (Å²) < 4.78 is 38.5. The van der Waals surface area contributed by atoms with Crippen molar-refractivity contribution in [2.75, 3.05) is 37.6 Å². The summed E-state index contributed by atoms with van der Waals surface area (Å²) in [5.41, 5.74) is -1.42. The summed E-state index contributed by atoms with van der Waals surface area (Å²) in [6, 6.07) is 2.67. The normalized spacial score (nSPS) is 16.9. The lowest BCUT2D eigenvalue weighted by Crippen LogP contribution is -3.16. The second kappa shape index (κ2) is 8.76. The summed E-state index contributed by atoms with van der Waals surface area (Å²) in [7, 11) is 0. The first-order valence-corrected chi connectivity index (χ1v) is 9.22. The lowest BCUT2D eigenvalue weighted by molar-refractivity contribution is -0.892. The van der Waals surface area contributed by atoms with Crippen LogP contribution in [0.2, 0.25) is 0 Å². The minimum absolute atomic E-state index is 0.0508. The van der Waals surface area contributed by atoms with Crippen molar-refractivity contribution in [3.05, 3.63) is 33.9 Å². The van der Waals surface area contributed by atoms with E-state index in [-0.39, 0.29) is 17.6 Å². The number of carbonyl (C=O) groups excluding carboxylic acids is 1. The van der Waals surface area contributed by atoms with Crippen molar-refractivity contribution in [2.24, 2.45) is 5.92 Å². The van der Waals surface area contributed by atoms with Gasteiger partial charge in [-0.3, -0.25) is 14.9 Å². The van der Waals surface area contributed by atoms with E-state index in [1.165, 1.54) is 0 Å². The summed E-state index contributed by atoms with van der Waals surface area (Å²) in [5, 5.41) is 14.2. The van der Waals surface area contributed by atoms with Gasteiger partial charge in [0.1, 0.15) is 5.69 Å². The van der Waals surface area contributed by atoms with Gasteiger partial charge in [-0.1, -0.05) is 13.8 Å². The number of nitrogens with zero attached hydrogens (tertiary/aromatic N) is 2. The van der Waals surface area contributed by atoms with Crippen LogP contribution in [0.25, 0.3) is 0 Å². The van der Waals surface area contributed by atoms with Gasteiger partial charge in [0.25, 0.3) is 11.6 Å². The van der Waals surface area contributed by atoms with Crippen LogP contribution in [0.15, 0.2) is 18.2 Å². The van der Waals surface area contributed by atoms with Crippen molar-refractivity contribution < 1.29 is 27.8 Å². The van der Waals surface area contributed by atoms with Crippen molar-refractivity contribution in [1.82, 2.24) is 5.32 Å². The Morgan fingerprint density at radius 1 is 1.29 bits per heavy atom. The van der Waals surface area contributed by atoms with Crippen LogP contribution in [0.3, 0.4) is 0 Å². The Balaban J connectivity index is 2.01. The first-order valence-electron chi connectivity index (χ1n) is 9.22. The van der Waals surface area contributed by atoms with Gasteiger partial charge in [0.2, 0.25) is 0 Å². The van der Waals surface area contributed by atoms with Gasteiger partial charge < -0.3 is 15.1 Å². The predicted molar refractivity (Wildman–Crippen MR) is 98.3 cm³/mol. The highest BCUT2D eigenvalue weighted by atomic mass is 19.4. The second-order valence-electron chi connectivity index (χ2n) is 7.47. The molecule has 1 aromatic rings. The smallest absolute Gasteiger partial charge is 0.355 e. The van der Waals surface area contributed by atoms with Gasteiger partial charge in [0.05, 0.1) is 36.7 Å². The molecule has 10 heteroatoms. The van der Waals surface area contributed by atoms with Gasteiger partial charge in [-0.25, -0.2) is 0 Å². The number of alkyl halides is 3. The van der Waals surface area contributed by atoms with Crippen LogP contribution < -0.4 is 15.1 Å². The minimum atomic E-state index is -4.63. The summed E-state index contributed by atoms with van der Waals surface area (Å²) in [6.07, 6.45) is -4.63. The first-order chi connectivity index (χ1) is 13.0. The predicted octanol–water partition coefficient (Wildman–Crippen LogP) is 1.48. The van der Waals surface area contributed by atoms with Crippen molar-refractivity contribution in [2.45, 2.75) is 33.0 Å². The summed E-state index contributed by atoms with van der Waals surface area (Å²) >= 11 is 0. The number of anilines is 1. The number of carbonyl (C=O) groups is 1. The van der Waals surface area contributed by atoms with E-state index in [1.807, 2.05) is 20.8 Å². The molecule has 2 N–H and O–H groups in total. The third-order valence-electron chi connectivity index (χ3n) is 5.11. The molecule has 1 fully saturated rings. The number of amides is 1. The monoisotopic (exact) mass is 403 g/mol. The first kappa shape index (κ1) is 21.9. The van der Waals surface area contributed by atoms with Crippen molar-refractivity contribution in [3.63, 3.8) is 0 Å². The molecule has 0 aliphatic carbocycles. The third kappa shape index (κ3) is 5.57. The summed E-state index contributed by atoms with van der Waals surface area (Å²) in [4.78, 5) is 25.3. The fourth-order valence-electron chi connectivity index (χ4n) is 3.05. The standard InChI is InChI=1S/C18H25F3N4O3/c1-12(2)13(3)22-17(26)11-23-6-8-24(9-7-23)15-5-4-14(18(19,20)21)10-16(15)25(27)28/h4-5,10,12-13H,6-9,11H2,1-3H3,(H,22,26)/p+1/t13-/m1/s1. The number of hydrogen-bond acceptors (Lipinski definition) is 4. The number of piperazine rings is 1. The molecule has 1 aliphatic rings. The number of nitro groups is 1. The number of rotatable bonds is 6. The molecule has 28 heavy (non-hydrogen) atoms. The Hall–Kier alpha value is -2.36. The summed E-state index contributed by atoms with van der Waals surface area (Å²) in [5.74, 6) is 0.279. The molecular weight excluding hydrogens is 377 g/mol. The van der Waals surface area contributed by atoms with Crippen LogP contribution in [0.5, 0.6) is 0 Å². The van der Waals surface area contributed by atoms with Gasteiger partial charge in [0, 0.05) is 12.1 Å². The maximum atomic E-state index is 12.8. The maximum absolute atomic E-state index is 12.8. The van der Waals surface area contributed by atoms with Crippen LogP contribution in [0.1, 0.15) is 26.3 Å². The molecule has 1 atom stereocenters. The topological polar surface area (TPSA) is 79.9 Å². The Morgan fingerprint density at radius 2 is 1.89 bits per heavy atom. The average molecular weight is 403 g/mol. The molecule has 0 bridgehead atoms. The Labute approximate surface area is 161 Å². The molecule has 1 amide bonds. The summed E-state index contributed by atoms with van der Waals surface area (Å²) in [6.45, 7) is 8.28. The third-order valence-corrected chi connectivity index (χ3v) is 5.11. The van der Waals surface area contributed by atoms with E-state index in [4.69, 9.17) is 0 Å². The van der Waals surface area contributed by atoms with E-state index in [0.29, 0.717) is 44.7 Å². The number of quaternary nitrogens is 1. The lowest BCUT2D eigenvalue weighted by Gasteiger charge is -2.33. The molecule has 0 saturated carbocycles. The fourth-order valence-corrected chi connectivity index (χ4v) is 3.05. The van der Waals surface area contributed by atoms with Crippen molar-refractivity contribution in [3.8, 4) is 0 Å². The molecule has 1 saturated heterocycles. The number of nitrogens with one attached hydrogen (secondary N) is 2. The van der Waals surface area contributed by atoms with E-state index in [2.05, 4.69) is 5.32 Å². The zero-order chi connectivity index (χ0) is 21.1. The van der Waals surface area contributed by atoms with Gasteiger partial charge in [0.15, 0.2) is 6.54 Å². The van der Waals surface area contributed by atoms with E-state index < -0.39 is 22.4 Å². The molecule has 0 radical (unpaired) electrons. The highest BCUT2D eigenvalue weighted by Gasteiger charge is 2.34. The number of benzene rings is 1. The van der Waals surface area contributed by atoms with E-state index in [0.717, 1.165) is 17.0 Å². The average Bonchev–Trinajstić information content (AvgIpc) is 2.60. The number of hydrogen-bond donors (Lipinski definition) is 2. The maximum Gasteiger partial charge on any atom is 0.416 e.